The van der Waals surface area contributed by atoms with Gasteiger partial charge in [-0.15, -0.1) is 0 Å². The summed E-state index contributed by atoms with van der Waals surface area (Å²) in [5.41, 5.74) is 0. The molecule has 1 amide bonds. The van der Waals surface area contributed by atoms with Gasteiger partial charge in [0, 0.05) is 31.7 Å². The Labute approximate surface area is 92.4 Å². The predicted molar refractivity (Wildman–Crippen MR) is 61.8 cm³/mol. The smallest absolute Gasteiger partial charge is 0.237 e. The van der Waals surface area contributed by atoms with Crippen molar-refractivity contribution in [1.82, 2.24) is 15.5 Å². The van der Waals surface area contributed by atoms with E-state index in [2.05, 4.69) is 22.5 Å². The molecule has 2 N–H and O–H groups in total. The highest BCUT2D eigenvalue weighted by Gasteiger charge is 2.25. The molecule has 0 bridgehead atoms. The number of piperazine rings is 1. The van der Waals surface area contributed by atoms with E-state index in [0.717, 1.165) is 19.6 Å². The molecule has 0 aromatic heterocycles. The number of hydrogen-bond acceptors (Lipinski definition) is 3. The molecule has 1 unspecified atom stereocenters. The van der Waals surface area contributed by atoms with Crippen molar-refractivity contribution in [2.75, 3.05) is 19.6 Å². The lowest BCUT2D eigenvalue weighted by Crippen LogP contribution is -2.56. The van der Waals surface area contributed by atoms with Gasteiger partial charge < -0.3 is 10.6 Å². The van der Waals surface area contributed by atoms with Crippen molar-refractivity contribution in [3.8, 4) is 0 Å². The molecule has 0 aliphatic carbocycles. The highest BCUT2D eigenvalue weighted by molar-refractivity contribution is 5.81. The number of carbonyl (C=O) groups is 1. The zero-order valence-corrected chi connectivity index (χ0v) is 10.2. The van der Waals surface area contributed by atoms with E-state index < -0.39 is 0 Å². The fourth-order valence-corrected chi connectivity index (χ4v) is 1.88. The summed E-state index contributed by atoms with van der Waals surface area (Å²) in [6.07, 6.45) is 0. The second kappa shape index (κ2) is 5.47. The number of hydrogen-bond donors (Lipinski definition) is 2. The monoisotopic (exact) mass is 213 g/mol. The zero-order valence-electron chi connectivity index (χ0n) is 10.2. The average molecular weight is 213 g/mol. The van der Waals surface area contributed by atoms with Crippen molar-refractivity contribution in [3.05, 3.63) is 0 Å². The summed E-state index contributed by atoms with van der Waals surface area (Å²) in [5.74, 6) is 0.138. The van der Waals surface area contributed by atoms with Gasteiger partial charge in [-0.25, -0.2) is 0 Å². The third-order valence-corrected chi connectivity index (χ3v) is 2.76. The Bertz CT molecular complexity index is 218. The van der Waals surface area contributed by atoms with Crippen LogP contribution in [0.5, 0.6) is 0 Å². The molecule has 15 heavy (non-hydrogen) atoms. The molecule has 0 aromatic rings. The molecule has 4 nitrogen and oxygen atoms in total. The molecule has 0 radical (unpaired) electrons. The zero-order chi connectivity index (χ0) is 11.4. The molecule has 0 spiro atoms. The fraction of sp³-hybridized carbons (Fsp3) is 0.909. The van der Waals surface area contributed by atoms with Crippen LogP contribution in [0.1, 0.15) is 27.7 Å². The van der Waals surface area contributed by atoms with Crippen molar-refractivity contribution in [2.24, 2.45) is 0 Å². The third kappa shape index (κ3) is 3.80. The first-order valence-corrected chi connectivity index (χ1v) is 5.78. The van der Waals surface area contributed by atoms with E-state index >= 15 is 0 Å². The number of amides is 1. The van der Waals surface area contributed by atoms with E-state index in [1.165, 1.54) is 0 Å². The molecule has 1 aliphatic heterocycles. The lowest BCUT2D eigenvalue weighted by molar-refractivity contribution is -0.126. The minimum absolute atomic E-state index is 0.0167. The first-order valence-electron chi connectivity index (χ1n) is 5.78. The minimum atomic E-state index is -0.0167. The number of carbonyl (C=O) groups excluding carboxylic acids is 1. The van der Waals surface area contributed by atoms with Gasteiger partial charge in [-0.1, -0.05) is 0 Å². The normalized spacial score (nSPS) is 25.3. The molecule has 0 saturated carbocycles. The second-order valence-corrected chi connectivity index (χ2v) is 4.69. The predicted octanol–water partition coefficient (Wildman–Crippen LogP) is 0.193. The van der Waals surface area contributed by atoms with E-state index in [-0.39, 0.29) is 18.0 Å². The van der Waals surface area contributed by atoms with Gasteiger partial charge in [-0.2, -0.15) is 0 Å². The molecule has 4 heteroatoms. The Kier molecular flexibility index (Phi) is 4.54. The summed E-state index contributed by atoms with van der Waals surface area (Å²) in [4.78, 5) is 14.0. The van der Waals surface area contributed by atoms with Crippen LogP contribution >= 0.6 is 0 Å². The van der Waals surface area contributed by atoms with E-state index in [1.54, 1.807) is 0 Å². The Morgan fingerprint density at radius 1 is 1.47 bits per heavy atom. The van der Waals surface area contributed by atoms with Gasteiger partial charge in [0.25, 0.3) is 0 Å². The second-order valence-electron chi connectivity index (χ2n) is 4.69. The van der Waals surface area contributed by atoms with Crippen LogP contribution in [-0.4, -0.2) is 48.6 Å². The Morgan fingerprint density at radius 2 is 2.13 bits per heavy atom. The summed E-state index contributed by atoms with van der Waals surface area (Å²) in [5, 5.41) is 6.33. The van der Waals surface area contributed by atoms with Gasteiger partial charge >= 0.3 is 0 Å². The molecular formula is C11H23N3O. The maximum absolute atomic E-state index is 11.8. The molecular weight excluding hydrogens is 190 g/mol. The quantitative estimate of drug-likeness (QED) is 0.703. The highest BCUT2D eigenvalue weighted by Crippen LogP contribution is 2.04. The number of nitrogens with one attached hydrogen (secondary N) is 2. The summed E-state index contributed by atoms with van der Waals surface area (Å²) < 4.78 is 0. The van der Waals surface area contributed by atoms with Crippen LogP contribution in [0, 0.1) is 0 Å². The molecule has 1 rings (SSSR count). The molecule has 1 aliphatic rings. The minimum Gasteiger partial charge on any atom is -0.353 e. The van der Waals surface area contributed by atoms with Gasteiger partial charge in [0.15, 0.2) is 0 Å². The van der Waals surface area contributed by atoms with E-state index in [9.17, 15) is 4.79 Å². The number of rotatable bonds is 3. The Balaban J connectivity index is 2.44. The van der Waals surface area contributed by atoms with Gasteiger partial charge in [0.05, 0.1) is 6.04 Å². The Morgan fingerprint density at radius 3 is 2.67 bits per heavy atom. The fourth-order valence-electron chi connectivity index (χ4n) is 1.88. The summed E-state index contributed by atoms with van der Waals surface area (Å²) in [6, 6.07) is 0.685. The lowest BCUT2D eigenvalue weighted by atomic mass is 10.1. The first kappa shape index (κ1) is 12.5. The van der Waals surface area contributed by atoms with Crippen molar-refractivity contribution in [3.63, 3.8) is 0 Å². The van der Waals surface area contributed by atoms with E-state index in [0.29, 0.717) is 6.04 Å². The first-order chi connectivity index (χ1) is 7.00. The molecule has 0 aromatic carbocycles. The molecule has 2 atom stereocenters. The Hall–Kier alpha value is -0.610. The molecule has 1 saturated heterocycles. The summed E-state index contributed by atoms with van der Waals surface area (Å²) in [6.45, 7) is 11.0. The maximum atomic E-state index is 11.8. The van der Waals surface area contributed by atoms with Crippen molar-refractivity contribution in [2.45, 2.75) is 45.8 Å². The van der Waals surface area contributed by atoms with Gasteiger partial charge in [0.1, 0.15) is 0 Å². The van der Waals surface area contributed by atoms with Crippen LogP contribution < -0.4 is 10.6 Å². The van der Waals surface area contributed by atoms with Crippen LogP contribution in [0.3, 0.4) is 0 Å². The topological polar surface area (TPSA) is 44.4 Å². The van der Waals surface area contributed by atoms with Crippen molar-refractivity contribution in [1.29, 1.82) is 0 Å². The van der Waals surface area contributed by atoms with Crippen molar-refractivity contribution >= 4 is 5.91 Å². The standard InChI is InChI=1S/C11H23N3O/c1-8(2)13-11(15)10(4)14-6-5-12-9(3)7-14/h8-10,12H,5-7H2,1-4H3,(H,13,15)/t9-,10?/m1/s1. The van der Waals surface area contributed by atoms with E-state index in [1.807, 2.05) is 20.8 Å². The van der Waals surface area contributed by atoms with Gasteiger partial charge in [0.2, 0.25) is 5.91 Å². The van der Waals surface area contributed by atoms with Crippen LogP contribution in [0.2, 0.25) is 0 Å². The van der Waals surface area contributed by atoms with E-state index in [4.69, 9.17) is 0 Å². The third-order valence-electron chi connectivity index (χ3n) is 2.76. The molecule has 88 valence electrons. The summed E-state index contributed by atoms with van der Waals surface area (Å²) >= 11 is 0. The van der Waals surface area contributed by atoms with Crippen LogP contribution in [0.4, 0.5) is 0 Å². The maximum Gasteiger partial charge on any atom is 0.237 e. The number of nitrogens with zero attached hydrogens (tertiary/aromatic N) is 1. The van der Waals surface area contributed by atoms with Crippen LogP contribution in [0.15, 0.2) is 0 Å². The van der Waals surface area contributed by atoms with Gasteiger partial charge in [-0.3, -0.25) is 9.69 Å². The lowest BCUT2D eigenvalue weighted by Gasteiger charge is -2.35. The molecule has 1 heterocycles. The van der Waals surface area contributed by atoms with Crippen LogP contribution in [0.25, 0.3) is 0 Å². The SMILES string of the molecule is CC(C)NC(=O)C(C)N1CCN[C@H](C)C1. The van der Waals surface area contributed by atoms with Crippen molar-refractivity contribution < 1.29 is 4.79 Å². The van der Waals surface area contributed by atoms with Crippen LogP contribution in [-0.2, 0) is 4.79 Å². The largest absolute Gasteiger partial charge is 0.353 e. The van der Waals surface area contributed by atoms with Gasteiger partial charge in [-0.05, 0) is 27.7 Å². The summed E-state index contributed by atoms with van der Waals surface area (Å²) in [7, 11) is 0. The molecule has 1 fully saturated rings. The highest BCUT2D eigenvalue weighted by atomic mass is 16.2. The average Bonchev–Trinajstić information content (AvgIpc) is 2.15.